The first-order valence-electron chi connectivity index (χ1n) is 7.62. The number of carbonyl (C=O) groups excluding carboxylic acids is 2. The monoisotopic (exact) mass is 346 g/mol. The van der Waals surface area contributed by atoms with Crippen molar-refractivity contribution in [2.75, 3.05) is 5.88 Å². The molecule has 2 aromatic rings. The SMILES string of the molecule is CC(=O)Oc1ccccc1Cc1cc(CCCl)ccc1OC(C)=O. The third-order valence-corrected chi connectivity index (χ3v) is 3.56. The second-order valence-corrected chi connectivity index (χ2v) is 5.73. The Kier molecular flexibility index (Phi) is 6.38. The second-order valence-electron chi connectivity index (χ2n) is 5.35. The molecule has 126 valence electrons. The Labute approximate surface area is 146 Å². The molecule has 0 radical (unpaired) electrons. The zero-order valence-electron chi connectivity index (χ0n) is 13.7. The van der Waals surface area contributed by atoms with Crippen LogP contribution in [0.5, 0.6) is 11.5 Å². The molecule has 2 rings (SSSR count). The minimum atomic E-state index is -0.380. The van der Waals surface area contributed by atoms with Gasteiger partial charge in [-0.15, -0.1) is 11.6 Å². The first-order chi connectivity index (χ1) is 11.5. The van der Waals surface area contributed by atoms with E-state index in [0.29, 0.717) is 23.8 Å². The van der Waals surface area contributed by atoms with Crippen molar-refractivity contribution in [1.29, 1.82) is 0 Å². The van der Waals surface area contributed by atoms with Crippen molar-refractivity contribution in [3.05, 3.63) is 59.2 Å². The summed E-state index contributed by atoms with van der Waals surface area (Å²) < 4.78 is 10.5. The number of para-hydroxylation sites is 1. The predicted octanol–water partition coefficient (Wildman–Crippen LogP) is 3.91. The van der Waals surface area contributed by atoms with Crippen LogP contribution in [0.15, 0.2) is 42.5 Å². The maximum absolute atomic E-state index is 11.3. The van der Waals surface area contributed by atoms with Crippen molar-refractivity contribution in [2.24, 2.45) is 0 Å². The number of carbonyl (C=O) groups is 2. The van der Waals surface area contributed by atoms with Gasteiger partial charge in [0.25, 0.3) is 0 Å². The molecule has 0 N–H and O–H groups in total. The maximum atomic E-state index is 11.3. The molecule has 24 heavy (non-hydrogen) atoms. The minimum absolute atomic E-state index is 0.376. The highest BCUT2D eigenvalue weighted by Crippen LogP contribution is 2.28. The van der Waals surface area contributed by atoms with Crippen LogP contribution in [-0.4, -0.2) is 17.8 Å². The molecule has 0 atom stereocenters. The van der Waals surface area contributed by atoms with Crippen molar-refractivity contribution < 1.29 is 19.1 Å². The fourth-order valence-corrected chi connectivity index (χ4v) is 2.62. The van der Waals surface area contributed by atoms with Crippen LogP contribution in [0.1, 0.15) is 30.5 Å². The van der Waals surface area contributed by atoms with Crippen LogP contribution < -0.4 is 9.47 Å². The molecule has 0 bridgehead atoms. The third-order valence-electron chi connectivity index (χ3n) is 3.37. The van der Waals surface area contributed by atoms with Gasteiger partial charge in [-0.25, -0.2) is 0 Å². The highest BCUT2D eigenvalue weighted by Gasteiger charge is 2.12. The summed E-state index contributed by atoms with van der Waals surface area (Å²) in [5, 5.41) is 0. The van der Waals surface area contributed by atoms with Gasteiger partial charge in [0.1, 0.15) is 11.5 Å². The highest BCUT2D eigenvalue weighted by molar-refractivity contribution is 6.17. The quantitative estimate of drug-likeness (QED) is 0.452. The zero-order valence-corrected chi connectivity index (χ0v) is 14.4. The van der Waals surface area contributed by atoms with E-state index in [4.69, 9.17) is 21.1 Å². The van der Waals surface area contributed by atoms with E-state index >= 15 is 0 Å². The standard InChI is InChI=1S/C19H19ClO4/c1-13(21)23-18-6-4-3-5-16(18)12-17-11-15(9-10-20)7-8-19(17)24-14(2)22/h3-8,11H,9-10,12H2,1-2H3. The van der Waals surface area contributed by atoms with Crippen LogP contribution >= 0.6 is 11.6 Å². The number of esters is 2. The topological polar surface area (TPSA) is 52.6 Å². The zero-order chi connectivity index (χ0) is 17.5. The summed E-state index contributed by atoms with van der Waals surface area (Å²) in [6.07, 6.45) is 1.20. The van der Waals surface area contributed by atoms with Gasteiger partial charge in [-0.2, -0.15) is 0 Å². The fraction of sp³-hybridized carbons (Fsp3) is 0.263. The average molecular weight is 347 g/mol. The Morgan fingerprint density at radius 2 is 1.54 bits per heavy atom. The van der Waals surface area contributed by atoms with Gasteiger partial charge in [-0.1, -0.05) is 30.3 Å². The van der Waals surface area contributed by atoms with Crippen LogP contribution in [-0.2, 0) is 22.4 Å². The fourth-order valence-electron chi connectivity index (χ4n) is 2.40. The molecule has 0 aliphatic heterocycles. The molecule has 0 heterocycles. The van der Waals surface area contributed by atoms with Gasteiger partial charge in [-0.05, 0) is 35.2 Å². The molecule has 2 aromatic carbocycles. The molecule has 0 spiro atoms. The lowest BCUT2D eigenvalue weighted by atomic mass is 10.00. The van der Waals surface area contributed by atoms with Crippen LogP contribution in [0.25, 0.3) is 0 Å². The van der Waals surface area contributed by atoms with Gasteiger partial charge < -0.3 is 9.47 Å². The van der Waals surface area contributed by atoms with Crippen molar-refractivity contribution in [1.82, 2.24) is 0 Å². The molecule has 0 amide bonds. The molecule has 0 saturated heterocycles. The Hall–Kier alpha value is -2.33. The van der Waals surface area contributed by atoms with E-state index in [1.165, 1.54) is 13.8 Å². The van der Waals surface area contributed by atoms with Crippen LogP contribution in [0.4, 0.5) is 0 Å². The third kappa shape index (κ3) is 5.10. The molecule has 0 aliphatic carbocycles. The van der Waals surface area contributed by atoms with Crippen molar-refractivity contribution >= 4 is 23.5 Å². The smallest absolute Gasteiger partial charge is 0.308 e. The number of rotatable bonds is 6. The first kappa shape index (κ1) is 18.0. The number of hydrogen-bond donors (Lipinski definition) is 0. The van der Waals surface area contributed by atoms with Crippen LogP contribution in [0.3, 0.4) is 0 Å². The summed E-state index contributed by atoms with van der Waals surface area (Å²) in [5.74, 6) is 0.754. The number of benzene rings is 2. The lowest BCUT2D eigenvalue weighted by Gasteiger charge is -2.13. The molecule has 0 aromatic heterocycles. The van der Waals surface area contributed by atoms with Gasteiger partial charge in [-0.3, -0.25) is 9.59 Å². The minimum Gasteiger partial charge on any atom is -0.426 e. The van der Waals surface area contributed by atoms with Gasteiger partial charge in [0.05, 0.1) is 0 Å². The van der Waals surface area contributed by atoms with Gasteiger partial charge >= 0.3 is 11.9 Å². The summed E-state index contributed by atoms with van der Waals surface area (Å²) >= 11 is 5.81. The second kappa shape index (κ2) is 8.50. The number of halogens is 1. The van der Waals surface area contributed by atoms with Crippen molar-refractivity contribution in [2.45, 2.75) is 26.7 Å². The van der Waals surface area contributed by atoms with E-state index in [9.17, 15) is 9.59 Å². The molecular formula is C19H19ClO4. The predicted molar refractivity (Wildman–Crippen MR) is 92.7 cm³/mol. The van der Waals surface area contributed by atoms with E-state index < -0.39 is 0 Å². The van der Waals surface area contributed by atoms with Gasteiger partial charge in [0.15, 0.2) is 0 Å². The number of ether oxygens (including phenoxy) is 2. The van der Waals surface area contributed by atoms with Gasteiger partial charge in [0, 0.05) is 26.1 Å². The van der Waals surface area contributed by atoms with E-state index in [-0.39, 0.29) is 11.9 Å². The van der Waals surface area contributed by atoms with Crippen molar-refractivity contribution in [3.63, 3.8) is 0 Å². The molecule has 5 heteroatoms. The summed E-state index contributed by atoms with van der Waals surface area (Å²) in [6, 6.07) is 12.9. The lowest BCUT2D eigenvalue weighted by Crippen LogP contribution is -2.07. The number of hydrogen-bond acceptors (Lipinski definition) is 4. The summed E-state index contributed by atoms with van der Waals surface area (Å²) in [5.41, 5.74) is 2.73. The Morgan fingerprint density at radius 1 is 0.917 bits per heavy atom. The Bertz CT molecular complexity index is 740. The lowest BCUT2D eigenvalue weighted by molar-refractivity contribution is -0.132. The Balaban J connectivity index is 2.38. The highest BCUT2D eigenvalue weighted by atomic mass is 35.5. The van der Waals surface area contributed by atoms with E-state index in [1.807, 2.05) is 24.3 Å². The van der Waals surface area contributed by atoms with Crippen molar-refractivity contribution in [3.8, 4) is 11.5 Å². The normalized spacial score (nSPS) is 10.3. The molecule has 0 saturated carbocycles. The Morgan fingerprint density at radius 3 is 2.17 bits per heavy atom. The molecule has 0 unspecified atom stereocenters. The maximum Gasteiger partial charge on any atom is 0.308 e. The van der Waals surface area contributed by atoms with E-state index in [0.717, 1.165) is 23.1 Å². The molecule has 4 nitrogen and oxygen atoms in total. The molecule has 0 aliphatic rings. The van der Waals surface area contributed by atoms with E-state index in [1.54, 1.807) is 18.2 Å². The first-order valence-corrected chi connectivity index (χ1v) is 8.15. The van der Waals surface area contributed by atoms with Crippen LogP contribution in [0, 0.1) is 0 Å². The van der Waals surface area contributed by atoms with E-state index in [2.05, 4.69) is 0 Å². The summed E-state index contributed by atoms with van der Waals surface area (Å²) in [6.45, 7) is 2.73. The molecule has 0 fully saturated rings. The average Bonchev–Trinajstić information content (AvgIpc) is 2.51. The molecular weight excluding hydrogens is 328 g/mol. The van der Waals surface area contributed by atoms with Gasteiger partial charge in [0.2, 0.25) is 0 Å². The number of alkyl halides is 1. The number of aryl methyl sites for hydroxylation is 1. The summed E-state index contributed by atoms with van der Waals surface area (Å²) in [4.78, 5) is 22.6. The largest absolute Gasteiger partial charge is 0.426 e. The van der Waals surface area contributed by atoms with Crippen LogP contribution in [0.2, 0.25) is 0 Å². The summed E-state index contributed by atoms with van der Waals surface area (Å²) in [7, 11) is 0.